The Kier molecular flexibility index (Phi) is 5.93. The second-order valence-electron chi connectivity index (χ2n) is 5.29. The normalized spacial score (nSPS) is 10.3. The lowest BCUT2D eigenvalue weighted by atomic mass is 10.1. The molecule has 0 aliphatic heterocycles. The van der Waals surface area contributed by atoms with Crippen LogP contribution in [0.15, 0.2) is 36.4 Å². The van der Waals surface area contributed by atoms with Crippen molar-refractivity contribution in [1.82, 2.24) is 5.32 Å². The highest BCUT2D eigenvalue weighted by molar-refractivity contribution is 6.33. The minimum Gasteiger partial charge on any atom is -0.343 e. The monoisotopic (exact) mass is 348 g/mol. The minimum absolute atomic E-state index is 0.0000752. The zero-order chi connectivity index (χ0) is 17.7. The largest absolute Gasteiger partial charge is 0.343 e. The molecule has 0 aliphatic rings. The molecule has 0 fully saturated rings. The Labute approximate surface area is 145 Å². The van der Waals surface area contributed by atoms with Crippen molar-refractivity contribution in [3.63, 3.8) is 0 Å². The molecule has 0 radical (unpaired) electrons. The fourth-order valence-corrected chi connectivity index (χ4v) is 2.60. The van der Waals surface area contributed by atoms with Crippen LogP contribution in [-0.2, 0) is 11.2 Å². The Morgan fingerprint density at radius 1 is 1.17 bits per heavy atom. The molecule has 2 N–H and O–H groups in total. The van der Waals surface area contributed by atoms with Crippen molar-refractivity contribution in [3.05, 3.63) is 63.9 Å². The number of nitrogens with one attached hydrogen (secondary N) is 2. The van der Waals surface area contributed by atoms with Gasteiger partial charge in [0.05, 0.1) is 17.1 Å². The number of anilines is 1. The second-order valence-corrected chi connectivity index (χ2v) is 5.70. The molecule has 2 aromatic rings. The quantitative estimate of drug-likeness (QED) is 0.865. The van der Waals surface area contributed by atoms with Crippen molar-refractivity contribution >= 4 is 29.1 Å². The van der Waals surface area contributed by atoms with Crippen LogP contribution in [0.4, 0.5) is 10.1 Å². The summed E-state index contributed by atoms with van der Waals surface area (Å²) >= 11 is 5.83. The van der Waals surface area contributed by atoms with E-state index in [0.29, 0.717) is 0 Å². The van der Waals surface area contributed by atoms with Crippen molar-refractivity contribution in [1.29, 1.82) is 0 Å². The molecule has 126 valence electrons. The van der Waals surface area contributed by atoms with Crippen LogP contribution in [0.2, 0.25) is 5.02 Å². The van der Waals surface area contributed by atoms with Gasteiger partial charge in [0, 0.05) is 5.69 Å². The second kappa shape index (κ2) is 7.93. The first-order valence-corrected chi connectivity index (χ1v) is 7.92. The molecule has 0 heterocycles. The van der Waals surface area contributed by atoms with Gasteiger partial charge in [0.2, 0.25) is 5.91 Å². The van der Waals surface area contributed by atoms with Gasteiger partial charge < -0.3 is 10.6 Å². The van der Waals surface area contributed by atoms with E-state index in [1.165, 1.54) is 12.1 Å². The molecule has 2 rings (SSSR count). The summed E-state index contributed by atoms with van der Waals surface area (Å²) in [7, 11) is 0. The lowest BCUT2D eigenvalue weighted by Crippen LogP contribution is -2.33. The van der Waals surface area contributed by atoms with Crippen molar-refractivity contribution in [2.24, 2.45) is 0 Å². The average molecular weight is 349 g/mol. The zero-order valence-corrected chi connectivity index (χ0v) is 14.2. The van der Waals surface area contributed by atoms with Crippen LogP contribution in [0, 0.1) is 12.7 Å². The number of aryl methyl sites for hydroxylation is 2. The maximum absolute atomic E-state index is 13.7. The predicted molar refractivity (Wildman–Crippen MR) is 92.9 cm³/mol. The topological polar surface area (TPSA) is 58.2 Å². The number of halogens is 2. The number of rotatable bonds is 5. The molecule has 0 aromatic heterocycles. The summed E-state index contributed by atoms with van der Waals surface area (Å²) in [5.41, 5.74) is 2.42. The van der Waals surface area contributed by atoms with Crippen LogP contribution in [0.5, 0.6) is 0 Å². The molecule has 2 aromatic carbocycles. The molecule has 2 amide bonds. The van der Waals surface area contributed by atoms with Crippen LogP contribution in [0.1, 0.15) is 28.4 Å². The summed E-state index contributed by atoms with van der Waals surface area (Å²) in [6.07, 6.45) is 0.772. The van der Waals surface area contributed by atoms with E-state index in [1.54, 1.807) is 0 Å². The number of carbonyl (C=O) groups is 2. The fourth-order valence-electron chi connectivity index (χ4n) is 2.35. The zero-order valence-electron chi connectivity index (χ0n) is 13.5. The summed E-state index contributed by atoms with van der Waals surface area (Å²) < 4.78 is 13.7. The SMILES string of the molecule is CCc1cccc(C)c1NC(=O)CNC(=O)c1c(F)cccc1Cl. The Bertz CT molecular complexity index is 757. The minimum atomic E-state index is -0.729. The number of amides is 2. The van der Waals surface area contributed by atoms with Gasteiger partial charge in [-0.2, -0.15) is 0 Å². The number of para-hydroxylation sites is 1. The molecule has 0 bridgehead atoms. The highest BCUT2D eigenvalue weighted by atomic mass is 35.5. The van der Waals surface area contributed by atoms with Gasteiger partial charge in [-0.1, -0.05) is 42.8 Å². The highest BCUT2D eigenvalue weighted by Crippen LogP contribution is 2.21. The van der Waals surface area contributed by atoms with Gasteiger partial charge in [-0.05, 0) is 36.6 Å². The van der Waals surface area contributed by atoms with Crippen LogP contribution in [0.3, 0.4) is 0 Å². The van der Waals surface area contributed by atoms with Crippen LogP contribution in [0.25, 0.3) is 0 Å². The molecular weight excluding hydrogens is 331 g/mol. The maximum Gasteiger partial charge on any atom is 0.256 e. The van der Waals surface area contributed by atoms with Crippen LogP contribution in [-0.4, -0.2) is 18.4 Å². The molecule has 0 aliphatic carbocycles. The molecule has 0 unspecified atom stereocenters. The summed E-state index contributed by atoms with van der Waals surface area (Å²) in [6.45, 7) is 3.61. The van der Waals surface area contributed by atoms with Crippen LogP contribution < -0.4 is 10.6 Å². The number of hydrogen-bond donors (Lipinski definition) is 2. The van der Waals surface area contributed by atoms with E-state index < -0.39 is 11.7 Å². The summed E-state index contributed by atoms with van der Waals surface area (Å²) in [4.78, 5) is 24.1. The van der Waals surface area contributed by atoms with E-state index in [0.717, 1.165) is 29.3 Å². The van der Waals surface area contributed by atoms with Gasteiger partial charge in [0.15, 0.2) is 0 Å². The molecule has 0 saturated carbocycles. The Hall–Kier alpha value is -2.40. The molecule has 24 heavy (non-hydrogen) atoms. The number of hydrogen-bond acceptors (Lipinski definition) is 2. The van der Waals surface area contributed by atoms with Gasteiger partial charge >= 0.3 is 0 Å². The lowest BCUT2D eigenvalue weighted by molar-refractivity contribution is -0.115. The predicted octanol–water partition coefficient (Wildman–Crippen LogP) is 3.72. The van der Waals surface area contributed by atoms with Crippen LogP contribution >= 0.6 is 11.6 Å². The van der Waals surface area contributed by atoms with E-state index >= 15 is 0 Å². The van der Waals surface area contributed by atoms with Crippen molar-refractivity contribution in [2.45, 2.75) is 20.3 Å². The first-order chi connectivity index (χ1) is 11.4. The molecular formula is C18H18ClFN2O2. The molecule has 0 saturated heterocycles. The number of carbonyl (C=O) groups excluding carboxylic acids is 2. The first kappa shape index (κ1) is 17.9. The Morgan fingerprint density at radius 3 is 2.54 bits per heavy atom. The van der Waals surface area contributed by atoms with E-state index in [2.05, 4.69) is 10.6 Å². The maximum atomic E-state index is 13.7. The molecule has 6 heteroatoms. The highest BCUT2D eigenvalue weighted by Gasteiger charge is 2.17. The fraction of sp³-hybridized carbons (Fsp3) is 0.222. The smallest absolute Gasteiger partial charge is 0.256 e. The van der Waals surface area contributed by atoms with Gasteiger partial charge in [-0.3, -0.25) is 9.59 Å². The van der Waals surface area contributed by atoms with Crippen molar-refractivity contribution in [2.75, 3.05) is 11.9 Å². The summed E-state index contributed by atoms with van der Waals surface area (Å²) in [5.74, 6) is -1.85. The third-order valence-electron chi connectivity index (χ3n) is 3.60. The Morgan fingerprint density at radius 2 is 1.88 bits per heavy atom. The third kappa shape index (κ3) is 4.11. The standard InChI is InChI=1S/C18H18ClFN2O2/c1-3-12-7-4-6-11(2)17(12)22-15(23)10-21-18(24)16-13(19)8-5-9-14(16)20/h4-9H,3,10H2,1-2H3,(H,21,24)(H,22,23). The molecule has 4 nitrogen and oxygen atoms in total. The van der Waals surface area contributed by atoms with Crippen molar-refractivity contribution < 1.29 is 14.0 Å². The Balaban J connectivity index is 2.03. The van der Waals surface area contributed by atoms with Gasteiger partial charge in [-0.25, -0.2) is 4.39 Å². The van der Waals surface area contributed by atoms with E-state index in [1.807, 2.05) is 32.0 Å². The van der Waals surface area contributed by atoms with Gasteiger partial charge in [-0.15, -0.1) is 0 Å². The van der Waals surface area contributed by atoms with E-state index in [4.69, 9.17) is 11.6 Å². The summed E-state index contributed by atoms with van der Waals surface area (Å²) in [6, 6.07) is 9.71. The lowest BCUT2D eigenvalue weighted by Gasteiger charge is -2.13. The third-order valence-corrected chi connectivity index (χ3v) is 3.92. The van der Waals surface area contributed by atoms with E-state index in [9.17, 15) is 14.0 Å². The molecule has 0 spiro atoms. The number of benzene rings is 2. The average Bonchev–Trinajstić information content (AvgIpc) is 2.54. The van der Waals surface area contributed by atoms with Crippen molar-refractivity contribution in [3.8, 4) is 0 Å². The molecule has 0 atom stereocenters. The van der Waals surface area contributed by atoms with Gasteiger partial charge in [0.25, 0.3) is 5.91 Å². The van der Waals surface area contributed by atoms with E-state index in [-0.39, 0.29) is 23.0 Å². The summed E-state index contributed by atoms with van der Waals surface area (Å²) in [5, 5.41) is 5.17. The first-order valence-electron chi connectivity index (χ1n) is 7.54. The van der Waals surface area contributed by atoms with Gasteiger partial charge in [0.1, 0.15) is 5.82 Å².